The Morgan fingerprint density at radius 1 is 1.44 bits per heavy atom. The minimum absolute atomic E-state index is 0.122. The Morgan fingerprint density at radius 3 is 2.75 bits per heavy atom. The fourth-order valence-corrected chi connectivity index (χ4v) is 1.58. The molecule has 5 nitrogen and oxygen atoms in total. The zero-order valence-electron chi connectivity index (χ0n) is 8.58. The van der Waals surface area contributed by atoms with Crippen LogP contribution in [0.2, 0.25) is 0 Å². The largest absolute Gasteiger partial charge is 0.507 e. The molecule has 0 atom stereocenters. The van der Waals surface area contributed by atoms with Crippen molar-refractivity contribution in [2.75, 3.05) is 0 Å². The lowest BCUT2D eigenvalue weighted by molar-refractivity contribution is 0.0694. The number of rotatable bonds is 2. The molecule has 2 N–H and O–H groups in total. The second kappa shape index (κ2) is 3.69. The van der Waals surface area contributed by atoms with E-state index in [0.717, 1.165) is 0 Å². The summed E-state index contributed by atoms with van der Waals surface area (Å²) in [5.41, 5.74) is 0.283. The maximum absolute atomic E-state index is 11.1. The third kappa shape index (κ3) is 1.52. The molecule has 2 aromatic rings. The van der Waals surface area contributed by atoms with Gasteiger partial charge in [-0.3, -0.25) is 0 Å². The summed E-state index contributed by atoms with van der Waals surface area (Å²) >= 11 is 0. The monoisotopic (exact) mass is 218 g/mol. The Morgan fingerprint density at radius 2 is 2.19 bits per heavy atom. The van der Waals surface area contributed by atoms with Gasteiger partial charge in [0.1, 0.15) is 17.1 Å². The van der Waals surface area contributed by atoms with Crippen molar-refractivity contribution in [3.8, 4) is 11.4 Å². The summed E-state index contributed by atoms with van der Waals surface area (Å²) in [6.07, 6.45) is 3.22. The molecule has 2 rings (SSSR count). The highest BCUT2D eigenvalue weighted by molar-refractivity contribution is 5.95. The van der Waals surface area contributed by atoms with Crippen LogP contribution in [0.5, 0.6) is 5.75 Å². The van der Waals surface area contributed by atoms with E-state index < -0.39 is 5.97 Å². The normalized spacial score (nSPS) is 10.3. The van der Waals surface area contributed by atoms with E-state index in [4.69, 9.17) is 5.11 Å². The molecule has 0 bridgehead atoms. The van der Waals surface area contributed by atoms with Crippen molar-refractivity contribution < 1.29 is 15.0 Å². The molecule has 0 saturated heterocycles. The average molecular weight is 218 g/mol. The number of hydrogen-bond donors (Lipinski definition) is 2. The molecule has 0 unspecified atom stereocenters. The van der Waals surface area contributed by atoms with E-state index in [1.807, 2.05) is 0 Å². The number of aromatic nitrogens is 2. The third-order valence-electron chi connectivity index (χ3n) is 2.32. The Bertz CT molecular complexity index is 546. The number of hydrogen-bond acceptors (Lipinski definition) is 3. The number of phenols is 1. The Kier molecular flexibility index (Phi) is 2.36. The topological polar surface area (TPSA) is 75.3 Å². The second-order valence-corrected chi connectivity index (χ2v) is 3.32. The zero-order chi connectivity index (χ0) is 11.7. The van der Waals surface area contributed by atoms with E-state index in [0.29, 0.717) is 11.5 Å². The van der Waals surface area contributed by atoms with Crippen LogP contribution >= 0.6 is 0 Å². The number of aryl methyl sites for hydroxylation is 1. The molecule has 82 valence electrons. The lowest BCUT2D eigenvalue weighted by atomic mass is 10.1. The molecule has 16 heavy (non-hydrogen) atoms. The molecule has 1 heterocycles. The van der Waals surface area contributed by atoms with E-state index in [2.05, 4.69) is 4.98 Å². The summed E-state index contributed by atoms with van der Waals surface area (Å²) in [7, 11) is 0. The highest BCUT2D eigenvalue weighted by atomic mass is 16.4. The van der Waals surface area contributed by atoms with Crippen molar-refractivity contribution in [3.05, 3.63) is 42.0 Å². The molecule has 5 heteroatoms. The van der Waals surface area contributed by atoms with Gasteiger partial charge in [-0.2, -0.15) is 0 Å². The van der Waals surface area contributed by atoms with E-state index in [1.165, 1.54) is 6.07 Å². The predicted octanol–water partition coefficient (Wildman–Crippen LogP) is 1.58. The van der Waals surface area contributed by atoms with Gasteiger partial charge in [0.25, 0.3) is 0 Å². The van der Waals surface area contributed by atoms with Crippen molar-refractivity contribution in [2.45, 2.75) is 6.92 Å². The number of carbonyl (C=O) groups is 1. The Balaban J connectivity index is 2.70. The molecule has 0 fully saturated rings. The van der Waals surface area contributed by atoms with Gasteiger partial charge in [0.05, 0.1) is 5.69 Å². The number of nitrogens with zero attached hydrogens (tertiary/aromatic N) is 2. The molecule has 0 radical (unpaired) electrons. The van der Waals surface area contributed by atoms with Crippen LogP contribution in [-0.2, 0) is 0 Å². The van der Waals surface area contributed by atoms with Crippen molar-refractivity contribution in [2.24, 2.45) is 0 Å². The second-order valence-electron chi connectivity index (χ2n) is 3.32. The summed E-state index contributed by atoms with van der Waals surface area (Å²) < 4.78 is 1.61. The summed E-state index contributed by atoms with van der Waals surface area (Å²) in [5.74, 6) is -0.757. The number of benzene rings is 1. The first-order valence-corrected chi connectivity index (χ1v) is 4.67. The van der Waals surface area contributed by atoms with Crippen LogP contribution in [0.1, 0.15) is 16.2 Å². The quantitative estimate of drug-likeness (QED) is 0.802. The predicted molar refractivity (Wildman–Crippen MR) is 56.9 cm³/mol. The molecule has 0 aliphatic heterocycles. The van der Waals surface area contributed by atoms with E-state index in [-0.39, 0.29) is 11.3 Å². The van der Waals surface area contributed by atoms with Gasteiger partial charge < -0.3 is 14.8 Å². The van der Waals surface area contributed by atoms with E-state index in [9.17, 15) is 9.90 Å². The zero-order valence-corrected chi connectivity index (χ0v) is 8.58. The van der Waals surface area contributed by atoms with Gasteiger partial charge in [0.15, 0.2) is 0 Å². The van der Waals surface area contributed by atoms with Gasteiger partial charge in [-0.1, -0.05) is 6.07 Å². The molecule has 0 aliphatic rings. The molecule has 0 amide bonds. The molecular formula is C11H10N2O3. The highest BCUT2D eigenvalue weighted by Gasteiger charge is 2.16. The fraction of sp³-hybridized carbons (Fsp3) is 0.0909. The van der Waals surface area contributed by atoms with Crippen molar-refractivity contribution >= 4 is 5.97 Å². The first kappa shape index (κ1) is 10.2. The lowest BCUT2D eigenvalue weighted by Gasteiger charge is -2.09. The lowest BCUT2D eigenvalue weighted by Crippen LogP contribution is -2.06. The standard InChI is InChI=1S/C11H10N2O3/c1-7-12-5-6-13(7)8-3-2-4-9(14)10(8)11(15)16/h2-6,14H,1H3,(H,15,16). The molecule has 1 aromatic heterocycles. The summed E-state index contributed by atoms with van der Waals surface area (Å²) in [6.45, 7) is 1.76. The molecule has 1 aromatic carbocycles. The smallest absolute Gasteiger partial charge is 0.341 e. The van der Waals surface area contributed by atoms with Crippen LogP contribution in [0.3, 0.4) is 0 Å². The maximum Gasteiger partial charge on any atom is 0.341 e. The van der Waals surface area contributed by atoms with Crippen LogP contribution in [0.25, 0.3) is 5.69 Å². The fourth-order valence-electron chi connectivity index (χ4n) is 1.58. The number of carboxylic acids is 1. The number of carboxylic acid groups (broad SMARTS) is 1. The SMILES string of the molecule is Cc1nccn1-c1cccc(O)c1C(=O)O. The van der Waals surface area contributed by atoms with Gasteiger partial charge >= 0.3 is 5.97 Å². The van der Waals surface area contributed by atoms with Gasteiger partial charge in [0, 0.05) is 12.4 Å². The first-order chi connectivity index (χ1) is 7.61. The van der Waals surface area contributed by atoms with Crippen molar-refractivity contribution in [3.63, 3.8) is 0 Å². The average Bonchev–Trinajstić information content (AvgIpc) is 2.63. The van der Waals surface area contributed by atoms with E-state index in [1.54, 1.807) is 36.0 Å². The van der Waals surface area contributed by atoms with Crippen molar-refractivity contribution in [1.29, 1.82) is 0 Å². The van der Waals surface area contributed by atoms with Gasteiger partial charge in [-0.25, -0.2) is 9.78 Å². The Hall–Kier alpha value is -2.30. The number of imidazole rings is 1. The molecule has 0 aliphatic carbocycles. The molecular weight excluding hydrogens is 208 g/mol. The molecule has 0 saturated carbocycles. The summed E-state index contributed by atoms with van der Waals surface area (Å²) in [6, 6.07) is 4.56. The highest BCUT2D eigenvalue weighted by Crippen LogP contribution is 2.24. The minimum atomic E-state index is -1.17. The Labute approximate surface area is 91.6 Å². The first-order valence-electron chi connectivity index (χ1n) is 4.67. The van der Waals surface area contributed by atoms with Gasteiger partial charge in [-0.15, -0.1) is 0 Å². The maximum atomic E-state index is 11.1. The van der Waals surface area contributed by atoms with Crippen LogP contribution in [0, 0.1) is 6.92 Å². The summed E-state index contributed by atoms with van der Waals surface area (Å²) in [4.78, 5) is 15.1. The van der Waals surface area contributed by atoms with Gasteiger partial charge in [0.2, 0.25) is 0 Å². The van der Waals surface area contributed by atoms with Crippen LogP contribution in [0.15, 0.2) is 30.6 Å². The van der Waals surface area contributed by atoms with E-state index >= 15 is 0 Å². The number of aromatic carboxylic acids is 1. The van der Waals surface area contributed by atoms with Crippen LogP contribution in [0.4, 0.5) is 0 Å². The summed E-state index contributed by atoms with van der Waals surface area (Å²) in [5, 5.41) is 18.6. The van der Waals surface area contributed by atoms with Crippen molar-refractivity contribution in [1.82, 2.24) is 9.55 Å². The third-order valence-corrected chi connectivity index (χ3v) is 2.32. The van der Waals surface area contributed by atoms with Crippen LogP contribution in [-0.4, -0.2) is 25.7 Å². The van der Waals surface area contributed by atoms with Gasteiger partial charge in [-0.05, 0) is 19.1 Å². The number of aromatic hydroxyl groups is 1. The molecule has 0 spiro atoms. The minimum Gasteiger partial charge on any atom is -0.507 e. The van der Waals surface area contributed by atoms with Crippen LogP contribution < -0.4 is 0 Å².